The lowest BCUT2D eigenvalue weighted by atomic mass is 10.0. The molecule has 0 unspecified atom stereocenters. The molecule has 0 radical (unpaired) electrons. The second kappa shape index (κ2) is 4.58. The molecule has 6 heteroatoms. The zero-order chi connectivity index (χ0) is 14.1. The van der Waals surface area contributed by atoms with Crippen molar-refractivity contribution in [3.63, 3.8) is 0 Å². The number of aromatic nitrogens is 2. The van der Waals surface area contributed by atoms with Gasteiger partial charge in [-0.2, -0.15) is 5.10 Å². The molecule has 3 aromatic rings. The first-order chi connectivity index (χ1) is 9.68. The van der Waals surface area contributed by atoms with Crippen molar-refractivity contribution in [2.45, 2.75) is 0 Å². The van der Waals surface area contributed by atoms with Crippen molar-refractivity contribution in [2.75, 3.05) is 0 Å². The summed E-state index contributed by atoms with van der Waals surface area (Å²) in [4.78, 5) is 22.3. The number of nitrogens with one attached hydrogen (secondary N) is 1. The molecule has 98 valence electrons. The molecule has 0 saturated carbocycles. The van der Waals surface area contributed by atoms with Crippen molar-refractivity contribution in [3.05, 3.63) is 69.0 Å². The first-order valence-corrected chi connectivity index (χ1v) is 5.89. The molecule has 0 aliphatic heterocycles. The Hall–Kier alpha value is -3.02. The van der Waals surface area contributed by atoms with Gasteiger partial charge in [0.15, 0.2) is 0 Å². The lowest BCUT2D eigenvalue weighted by molar-refractivity contribution is -0.383. The number of fused-ring (bicyclic) bond motifs is 1. The summed E-state index contributed by atoms with van der Waals surface area (Å²) in [5.41, 5.74) is 0.522. The van der Waals surface area contributed by atoms with Crippen molar-refractivity contribution >= 4 is 16.5 Å². The van der Waals surface area contributed by atoms with E-state index in [-0.39, 0.29) is 11.1 Å². The number of H-pyrrole nitrogens is 1. The van der Waals surface area contributed by atoms with E-state index in [0.717, 1.165) is 5.56 Å². The van der Waals surface area contributed by atoms with Gasteiger partial charge < -0.3 is 0 Å². The normalized spacial score (nSPS) is 10.6. The number of benzene rings is 2. The number of hydrogen-bond donors (Lipinski definition) is 1. The summed E-state index contributed by atoms with van der Waals surface area (Å²) in [6, 6.07) is 13.7. The molecule has 0 amide bonds. The van der Waals surface area contributed by atoms with E-state index >= 15 is 0 Å². The number of nitro groups is 1. The summed E-state index contributed by atoms with van der Waals surface area (Å²) >= 11 is 0. The summed E-state index contributed by atoms with van der Waals surface area (Å²) in [5.74, 6) is 0. The molecule has 0 aliphatic carbocycles. The van der Waals surface area contributed by atoms with Crippen LogP contribution in [-0.2, 0) is 0 Å². The summed E-state index contributed by atoms with van der Waals surface area (Å²) < 4.78 is 0. The first kappa shape index (κ1) is 12.0. The summed E-state index contributed by atoms with van der Waals surface area (Å²) in [6.07, 6.45) is 0. The average Bonchev–Trinajstić information content (AvgIpc) is 2.48. The Bertz CT molecular complexity index is 856. The molecule has 0 saturated heterocycles. The topological polar surface area (TPSA) is 88.9 Å². The summed E-state index contributed by atoms with van der Waals surface area (Å²) in [5, 5.41) is 17.9. The van der Waals surface area contributed by atoms with Gasteiger partial charge in [0.1, 0.15) is 5.39 Å². The van der Waals surface area contributed by atoms with E-state index in [2.05, 4.69) is 10.2 Å². The van der Waals surface area contributed by atoms with Crippen LogP contribution < -0.4 is 5.56 Å². The van der Waals surface area contributed by atoms with Gasteiger partial charge in [0.25, 0.3) is 11.2 Å². The van der Waals surface area contributed by atoms with E-state index in [1.165, 1.54) is 6.07 Å². The number of rotatable bonds is 2. The minimum Gasteiger partial charge on any atom is -0.267 e. The third-order valence-corrected chi connectivity index (χ3v) is 3.04. The lowest BCUT2D eigenvalue weighted by Crippen LogP contribution is -2.11. The van der Waals surface area contributed by atoms with Gasteiger partial charge in [0.05, 0.1) is 10.6 Å². The molecule has 3 rings (SSSR count). The predicted octanol–water partition coefficient (Wildman–Crippen LogP) is 2.50. The third kappa shape index (κ3) is 1.83. The van der Waals surface area contributed by atoms with Gasteiger partial charge in [-0.05, 0) is 0 Å². The number of hydrogen-bond acceptors (Lipinski definition) is 4. The SMILES string of the molecule is O=c1[nH]nc(-c2ccccc2)c2cccc([N+](=O)[O-])c12. The minimum absolute atomic E-state index is 0.0475. The standard InChI is InChI=1S/C14H9N3O3/c18-14-12-10(7-4-8-11(12)17(19)20)13(15-16-14)9-5-2-1-3-6-9/h1-8H,(H,16,18). The fourth-order valence-corrected chi connectivity index (χ4v) is 2.17. The van der Waals surface area contributed by atoms with Gasteiger partial charge in [-0.3, -0.25) is 14.9 Å². The van der Waals surface area contributed by atoms with Crippen molar-refractivity contribution < 1.29 is 4.92 Å². The first-order valence-electron chi connectivity index (χ1n) is 5.89. The Kier molecular flexibility index (Phi) is 2.76. The molecular weight excluding hydrogens is 258 g/mol. The second-order valence-corrected chi connectivity index (χ2v) is 4.22. The summed E-state index contributed by atoms with van der Waals surface area (Å²) in [7, 11) is 0. The maximum Gasteiger partial charge on any atom is 0.282 e. The van der Waals surface area contributed by atoms with Crippen LogP contribution in [-0.4, -0.2) is 15.1 Å². The number of nitro benzene ring substituents is 1. The van der Waals surface area contributed by atoms with Crippen molar-refractivity contribution in [3.8, 4) is 11.3 Å². The van der Waals surface area contributed by atoms with Gasteiger partial charge in [0.2, 0.25) is 0 Å². The van der Waals surface area contributed by atoms with Crippen molar-refractivity contribution in [1.82, 2.24) is 10.2 Å². The van der Waals surface area contributed by atoms with Crippen LogP contribution in [0.2, 0.25) is 0 Å². The Morgan fingerprint density at radius 3 is 2.50 bits per heavy atom. The van der Waals surface area contributed by atoms with E-state index < -0.39 is 10.5 Å². The van der Waals surface area contributed by atoms with Crippen LogP contribution in [0.1, 0.15) is 0 Å². The average molecular weight is 267 g/mol. The van der Waals surface area contributed by atoms with E-state index in [9.17, 15) is 14.9 Å². The molecule has 0 bridgehead atoms. The van der Waals surface area contributed by atoms with E-state index in [1.807, 2.05) is 30.3 Å². The summed E-state index contributed by atoms with van der Waals surface area (Å²) in [6.45, 7) is 0. The van der Waals surface area contributed by atoms with Gasteiger partial charge >= 0.3 is 0 Å². The zero-order valence-electron chi connectivity index (χ0n) is 10.2. The highest BCUT2D eigenvalue weighted by Gasteiger charge is 2.18. The highest BCUT2D eigenvalue weighted by Crippen LogP contribution is 2.28. The van der Waals surface area contributed by atoms with Crippen LogP contribution in [0, 0.1) is 10.1 Å². The second-order valence-electron chi connectivity index (χ2n) is 4.22. The minimum atomic E-state index is -0.563. The molecule has 0 spiro atoms. The highest BCUT2D eigenvalue weighted by molar-refractivity contribution is 5.98. The van der Waals surface area contributed by atoms with Crippen LogP contribution in [0.5, 0.6) is 0 Å². The molecular formula is C14H9N3O3. The van der Waals surface area contributed by atoms with Gasteiger partial charge in [-0.1, -0.05) is 42.5 Å². The van der Waals surface area contributed by atoms with Crippen molar-refractivity contribution in [2.24, 2.45) is 0 Å². The van der Waals surface area contributed by atoms with Crippen LogP contribution >= 0.6 is 0 Å². The number of non-ortho nitro benzene ring substituents is 1. The highest BCUT2D eigenvalue weighted by atomic mass is 16.6. The molecule has 0 fully saturated rings. The van der Waals surface area contributed by atoms with Gasteiger partial charge in [-0.15, -0.1) is 0 Å². The third-order valence-electron chi connectivity index (χ3n) is 3.04. The molecule has 6 nitrogen and oxygen atoms in total. The maximum atomic E-state index is 11.9. The van der Waals surface area contributed by atoms with Crippen LogP contribution in [0.3, 0.4) is 0 Å². The molecule has 1 N–H and O–H groups in total. The van der Waals surface area contributed by atoms with Crippen LogP contribution in [0.25, 0.3) is 22.0 Å². The van der Waals surface area contributed by atoms with Crippen LogP contribution in [0.4, 0.5) is 5.69 Å². The molecule has 0 aliphatic rings. The van der Waals surface area contributed by atoms with Crippen molar-refractivity contribution in [1.29, 1.82) is 0 Å². The largest absolute Gasteiger partial charge is 0.282 e. The Labute approximate surface area is 112 Å². The van der Waals surface area contributed by atoms with Gasteiger partial charge in [0, 0.05) is 17.0 Å². The molecule has 20 heavy (non-hydrogen) atoms. The zero-order valence-corrected chi connectivity index (χ0v) is 10.2. The molecule has 1 aromatic heterocycles. The fourth-order valence-electron chi connectivity index (χ4n) is 2.17. The molecule has 2 aromatic carbocycles. The number of aromatic amines is 1. The number of nitrogens with zero attached hydrogens (tertiary/aromatic N) is 2. The van der Waals surface area contributed by atoms with E-state index in [0.29, 0.717) is 11.1 Å². The van der Waals surface area contributed by atoms with E-state index in [4.69, 9.17) is 0 Å². The monoisotopic (exact) mass is 267 g/mol. The lowest BCUT2D eigenvalue weighted by Gasteiger charge is -2.05. The predicted molar refractivity (Wildman–Crippen MR) is 74.5 cm³/mol. The van der Waals surface area contributed by atoms with Crippen LogP contribution in [0.15, 0.2) is 53.3 Å². The Morgan fingerprint density at radius 1 is 1.05 bits per heavy atom. The Balaban J connectivity index is 2.43. The van der Waals surface area contributed by atoms with Gasteiger partial charge in [-0.25, -0.2) is 5.10 Å². The molecule has 0 atom stereocenters. The molecule has 1 heterocycles. The fraction of sp³-hybridized carbons (Fsp3) is 0. The smallest absolute Gasteiger partial charge is 0.267 e. The maximum absolute atomic E-state index is 11.9. The van der Waals surface area contributed by atoms with E-state index in [1.54, 1.807) is 12.1 Å². The quantitative estimate of drug-likeness (QED) is 0.570. The Morgan fingerprint density at radius 2 is 1.80 bits per heavy atom.